The van der Waals surface area contributed by atoms with Gasteiger partial charge in [0.15, 0.2) is 17.4 Å². The third-order valence-electron chi connectivity index (χ3n) is 6.88. The summed E-state index contributed by atoms with van der Waals surface area (Å²) in [6, 6.07) is 2.71. The fraction of sp³-hybridized carbons (Fsp3) is 0.500. The number of benzene rings is 1. The minimum atomic E-state index is -0.652. The Kier molecular flexibility index (Phi) is 5.63. The molecule has 2 fully saturated rings. The molecule has 1 aromatic carbocycles. The lowest BCUT2D eigenvalue weighted by Crippen LogP contribution is -2.33. The molecule has 0 bridgehead atoms. The summed E-state index contributed by atoms with van der Waals surface area (Å²) in [5.41, 5.74) is 1.34. The molecule has 1 saturated carbocycles. The standard InChI is InChI=1S/C24H27F2N3OS/c1-2-14-9-27-24(28-10-14)29-11-18-19(12-29)20(18)13-30-23-21(25)7-16(8-22(23)26)15-3-5-17(31)6-4-15/h3-5,7-9,14,17-20,31H,2,6,10-13H2,1H3. The summed E-state index contributed by atoms with van der Waals surface area (Å²) in [5, 5.41) is 0.153. The molecule has 4 aliphatic rings. The molecule has 5 rings (SSSR count). The first-order chi connectivity index (χ1) is 15.0. The molecule has 1 saturated heterocycles. The lowest BCUT2D eigenvalue weighted by Gasteiger charge is -2.24. The smallest absolute Gasteiger partial charge is 0.220 e. The van der Waals surface area contributed by atoms with Gasteiger partial charge in [-0.05, 0) is 47.9 Å². The van der Waals surface area contributed by atoms with Crippen LogP contribution in [0.5, 0.6) is 5.75 Å². The number of thiol groups is 1. The van der Waals surface area contributed by atoms with Crippen LogP contribution in [-0.2, 0) is 0 Å². The molecule has 4 nitrogen and oxygen atoms in total. The number of hydrogen-bond donors (Lipinski definition) is 1. The van der Waals surface area contributed by atoms with Gasteiger partial charge in [0.05, 0.1) is 13.2 Å². The van der Waals surface area contributed by atoms with Crippen LogP contribution in [0.1, 0.15) is 25.3 Å². The fourth-order valence-corrected chi connectivity index (χ4v) is 4.99. The summed E-state index contributed by atoms with van der Waals surface area (Å²) < 4.78 is 34.8. The highest BCUT2D eigenvalue weighted by Crippen LogP contribution is 2.52. The highest BCUT2D eigenvalue weighted by molar-refractivity contribution is 7.81. The average Bonchev–Trinajstić information content (AvgIpc) is 3.22. The molecule has 7 heteroatoms. The quantitative estimate of drug-likeness (QED) is 0.674. The summed E-state index contributed by atoms with van der Waals surface area (Å²) in [7, 11) is 0. The zero-order valence-electron chi connectivity index (χ0n) is 17.5. The van der Waals surface area contributed by atoms with Crippen molar-refractivity contribution in [2.75, 3.05) is 26.2 Å². The third-order valence-corrected chi connectivity index (χ3v) is 7.26. The van der Waals surface area contributed by atoms with Gasteiger partial charge >= 0.3 is 0 Å². The topological polar surface area (TPSA) is 37.2 Å². The number of piperidine rings is 1. The molecule has 0 aromatic heterocycles. The highest BCUT2D eigenvalue weighted by atomic mass is 32.1. The van der Waals surface area contributed by atoms with Crippen LogP contribution in [0.3, 0.4) is 0 Å². The number of hydrogen-bond acceptors (Lipinski definition) is 5. The van der Waals surface area contributed by atoms with Crippen molar-refractivity contribution >= 4 is 30.4 Å². The highest BCUT2D eigenvalue weighted by Gasteiger charge is 2.56. The third kappa shape index (κ3) is 4.16. The first-order valence-corrected chi connectivity index (χ1v) is 11.6. The van der Waals surface area contributed by atoms with Crippen LogP contribution in [0.15, 0.2) is 40.3 Å². The van der Waals surface area contributed by atoms with Crippen molar-refractivity contribution in [2.24, 2.45) is 33.7 Å². The van der Waals surface area contributed by atoms with Gasteiger partial charge in [0, 0.05) is 36.4 Å². The molecule has 31 heavy (non-hydrogen) atoms. The largest absolute Gasteiger partial charge is 0.487 e. The monoisotopic (exact) mass is 443 g/mol. The van der Waals surface area contributed by atoms with Gasteiger partial charge in [-0.3, -0.25) is 4.99 Å². The van der Waals surface area contributed by atoms with Crippen molar-refractivity contribution in [2.45, 2.75) is 25.0 Å². The van der Waals surface area contributed by atoms with Gasteiger partial charge in [-0.1, -0.05) is 25.2 Å². The van der Waals surface area contributed by atoms with Crippen molar-refractivity contribution in [3.05, 3.63) is 47.6 Å². The van der Waals surface area contributed by atoms with E-state index in [0.717, 1.165) is 44.0 Å². The zero-order valence-corrected chi connectivity index (χ0v) is 18.4. The Balaban J connectivity index is 1.16. The predicted molar refractivity (Wildman–Crippen MR) is 123 cm³/mol. The van der Waals surface area contributed by atoms with Crippen LogP contribution in [0.4, 0.5) is 8.78 Å². The molecule has 0 radical (unpaired) electrons. The minimum absolute atomic E-state index is 0.153. The summed E-state index contributed by atoms with van der Waals surface area (Å²) in [5.74, 6) is 1.01. The van der Waals surface area contributed by atoms with E-state index in [2.05, 4.69) is 34.4 Å². The molecule has 164 valence electrons. The maximum absolute atomic E-state index is 14.6. The Morgan fingerprint density at radius 1 is 1.19 bits per heavy atom. The van der Waals surface area contributed by atoms with Crippen LogP contribution < -0.4 is 4.74 Å². The number of likely N-dealkylation sites (tertiary alicyclic amines) is 1. The summed E-state index contributed by atoms with van der Waals surface area (Å²) in [4.78, 5) is 11.4. The normalized spacial score (nSPS) is 31.4. The van der Waals surface area contributed by atoms with Crippen molar-refractivity contribution < 1.29 is 13.5 Å². The van der Waals surface area contributed by atoms with Gasteiger partial charge < -0.3 is 9.64 Å². The SMILES string of the molecule is CCC1C=NC(N2CC3C(COc4c(F)cc(C5=CCC(S)C=C5)cc4F)C3C2)=NC1. The van der Waals surface area contributed by atoms with Crippen LogP contribution >= 0.6 is 12.6 Å². The molecule has 0 amide bonds. The van der Waals surface area contributed by atoms with E-state index in [1.807, 2.05) is 24.4 Å². The number of ether oxygens (including phenoxy) is 1. The van der Waals surface area contributed by atoms with Crippen molar-refractivity contribution in [1.29, 1.82) is 0 Å². The summed E-state index contributed by atoms with van der Waals surface area (Å²) in [6.07, 6.45) is 9.55. The Hall–Kier alpha value is -2.15. The maximum Gasteiger partial charge on any atom is 0.220 e. The molecule has 4 unspecified atom stereocenters. The Morgan fingerprint density at radius 3 is 2.52 bits per heavy atom. The van der Waals surface area contributed by atoms with E-state index in [1.165, 1.54) is 12.1 Å². The minimum Gasteiger partial charge on any atom is -0.487 e. The second-order valence-corrected chi connectivity index (χ2v) is 9.55. The average molecular weight is 444 g/mol. The second kappa shape index (κ2) is 8.41. The number of allylic oxidation sites excluding steroid dienone is 3. The van der Waals surface area contributed by atoms with E-state index in [-0.39, 0.29) is 11.0 Å². The fourth-order valence-electron chi connectivity index (χ4n) is 4.80. The van der Waals surface area contributed by atoms with E-state index in [4.69, 9.17) is 4.74 Å². The molecule has 1 aromatic rings. The first kappa shape index (κ1) is 20.7. The summed E-state index contributed by atoms with van der Waals surface area (Å²) >= 11 is 4.38. The van der Waals surface area contributed by atoms with E-state index in [1.54, 1.807) is 0 Å². The molecule has 4 atom stereocenters. The van der Waals surface area contributed by atoms with E-state index >= 15 is 0 Å². The Labute approximate surface area is 187 Å². The van der Waals surface area contributed by atoms with Gasteiger partial charge in [0.1, 0.15) is 0 Å². The van der Waals surface area contributed by atoms with Crippen molar-refractivity contribution in [1.82, 2.24) is 4.90 Å². The van der Waals surface area contributed by atoms with Crippen LogP contribution in [0, 0.1) is 35.3 Å². The Morgan fingerprint density at radius 2 is 1.94 bits per heavy atom. The van der Waals surface area contributed by atoms with Crippen LogP contribution in [0.2, 0.25) is 0 Å². The van der Waals surface area contributed by atoms with Gasteiger partial charge in [0.2, 0.25) is 5.96 Å². The van der Waals surface area contributed by atoms with Gasteiger partial charge in [-0.25, -0.2) is 13.8 Å². The number of guanidine groups is 1. The number of aliphatic imine (C=N–C) groups is 2. The number of fused-ring (bicyclic) bond motifs is 1. The van der Waals surface area contributed by atoms with Crippen molar-refractivity contribution in [3.8, 4) is 5.75 Å². The number of rotatable bonds is 5. The second-order valence-electron chi connectivity index (χ2n) is 8.89. The lowest BCUT2D eigenvalue weighted by atomic mass is 9.99. The van der Waals surface area contributed by atoms with Crippen LogP contribution in [0.25, 0.3) is 5.57 Å². The lowest BCUT2D eigenvalue weighted by molar-refractivity contribution is 0.245. The van der Waals surface area contributed by atoms with E-state index in [9.17, 15) is 8.78 Å². The zero-order chi connectivity index (χ0) is 21.5. The predicted octanol–water partition coefficient (Wildman–Crippen LogP) is 4.63. The molecule has 2 heterocycles. The maximum atomic E-state index is 14.6. The van der Waals surface area contributed by atoms with E-state index < -0.39 is 11.6 Å². The van der Waals surface area contributed by atoms with Gasteiger partial charge in [-0.2, -0.15) is 12.6 Å². The molecule has 2 aliphatic heterocycles. The molecular formula is C24H27F2N3OS. The van der Waals surface area contributed by atoms with E-state index in [0.29, 0.717) is 35.8 Å². The van der Waals surface area contributed by atoms with Gasteiger partial charge in [-0.15, -0.1) is 0 Å². The van der Waals surface area contributed by atoms with Crippen LogP contribution in [-0.4, -0.2) is 48.6 Å². The van der Waals surface area contributed by atoms with Crippen molar-refractivity contribution in [3.63, 3.8) is 0 Å². The first-order valence-electron chi connectivity index (χ1n) is 11.1. The molecule has 0 spiro atoms. The number of nitrogens with zero attached hydrogens (tertiary/aromatic N) is 3. The summed E-state index contributed by atoms with van der Waals surface area (Å²) in [6.45, 7) is 5.08. The molecule has 0 N–H and O–H groups in total. The molecule has 2 aliphatic carbocycles. The number of halogens is 2. The Bertz CT molecular complexity index is 954. The molecular weight excluding hydrogens is 416 g/mol. The van der Waals surface area contributed by atoms with Gasteiger partial charge in [0.25, 0.3) is 0 Å².